The van der Waals surface area contributed by atoms with E-state index in [9.17, 15) is 4.79 Å². The van der Waals surface area contributed by atoms with Gasteiger partial charge in [-0.3, -0.25) is 14.4 Å². The maximum Gasteiger partial charge on any atom is 0.273 e. The fourth-order valence-electron chi connectivity index (χ4n) is 4.36. The summed E-state index contributed by atoms with van der Waals surface area (Å²) in [7, 11) is 3.50. The molecule has 3 aromatic heterocycles. The highest BCUT2D eigenvalue weighted by Crippen LogP contribution is 2.34. The molecular weight excluding hydrogens is 368 g/mol. The molecule has 0 bridgehead atoms. The lowest BCUT2D eigenvalue weighted by Gasteiger charge is -2.43. The van der Waals surface area contributed by atoms with Gasteiger partial charge in [-0.05, 0) is 31.0 Å². The number of pyridine rings is 1. The molecule has 29 heavy (non-hydrogen) atoms. The third kappa shape index (κ3) is 3.32. The Morgan fingerprint density at radius 3 is 2.90 bits per heavy atom. The first kappa shape index (κ1) is 18.3. The van der Waals surface area contributed by atoms with E-state index in [2.05, 4.69) is 27.2 Å². The van der Waals surface area contributed by atoms with Gasteiger partial charge >= 0.3 is 0 Å². The van der Waals surface area contributed by atoms with Gasteiger partial charge < -0.3 is 9.64 Å². The Morgan fingerprint density at radius 1 is 1.28 bits per heavy atom. The highest BCUT2D eigenvalue weighted by molar-refractivity contribution is 5.92. The van der Waals surface area contributed by atoms with Crippen molar-refractivity contribution in [2.24, 2.45) is 0 Å². The molecule has 5 heterocycles. The van der Waals surface area contributed by atoms with Crippen LogP contribution in [0.15, 0.2) is 36.7 Å². The van der Waals surface area contributed by atoms with Crippen LogP contribution in [0.25, 0.3) is 5.52 Å². The molecule has 0 aromatic carbocycles. The van der Waals surface area contributed by atoms with E-state index in [1.165, 1.54) is 11.1 Å². The summed E-state index contributed by atoms with van der Waals surface area (Å²) < 4.78 is 10.2. The number of piperidine rings is 1. The number of ether oxygens (including phenoxy) is 1. The summed E-state index contributed by atoms with van der Waals surface area (Å²) in [6.45, 7) is 4.09. The summed E-state index contributed by atoms with van der Waals surface area (Å²) in [5.74, 6) is -0.0656. The first-order valence-corrected chi connectivity index (χ1v) is 10.1. The summed E-state index contributed by atoms with van der Waals surface area (Å²) >= 11 is 0. The number of hydrogen-bond donors (Lipinski definition) is 0. The first-order valence-electron chi connectivity index (χ1n) is 10.1. The third-order valence-corrected chi connectivity index (χ3v) is 6.12. The number of carbonyl (C=O) groups is 1. The number of nitrogens with zero attached hydrogens (tertiary/aromatic N) is 6. The molecular formula is C21H26N6O2. The monoisotopic (exact) mass is 394 g/mol. The number of fused-ring (bicyclic) bond motifs is 2. The third-order valence-electron chi connectivity index (χ3n) is 6.12. The quantitative estimate of drug-likeness (QED) is 0.678. The van der Waals surface area contributed by atoms with E-state index in [-0.39, 0.29) is 11.5 Å². The Hall–Kier alpha value is -2.71. The van der Waals surface area contributed by atoms with Crippen LogP contribution >= 0.6 is 0 Å². The molecule has 0 aliphatic carbocycles. The van der Waals surface area contributed by atoms with Crippen LogP contribution in [-0.4, -0.2) is 67.9 Å². The lowest BCUT2D eigenvalue weighted by atomic mass is 9.90. The maximum absolute atomic E-state index is 12.2. The summed E-state index contributed by atoms with van der Waals surface area (Å²) in [5.41, 5.74) is 3.72. The average molecular weight is 394 g/mol. The fourth-order valence-corrected chi connectivity index (χ4v) is 4.36. The minimum atomic E-state index is -0.185. The van der Waals surface area contributed by atoms with E-state index in [0.717, 1.165) is 38.2 Å². The van der Waals surface area contributed by atoms with E-state index in [4.69, 9.17) is 4.74 Å². The second kappa shape index (κ2) is 6.96. The van der Waals surface area contributed by atoms with Crippen LogP contribution in [0.4, 0.5) is 0 Å². The Bertz CT molecular complexity index is 1040. The molecule has 8 heteroatoms. The minimum Gasteiger partial charge on any atom is -0.367 e. The summed E-state index contributed by atoms with van der Waals surface area (Å²) in [4.78, 5) is 16.2. The van der Waals surface area contributed by atoms with Crippen molar-refractivity contribution in [3.8, 4) is 0 Å². The minimum absolute atomic E-state index is 0.0656. The summed E-state index contributed by atoms with van der Waals surface area (Å²) in [6.07, 6.45) is 5.87. The largest absolute Gasteiger partial charge is 0.367 e. The van der Waals surface area contributed by atoms with Crippen LogP contribution in [-0.2, 0) is 24.4 Å². The molecule has 1 amide bonds. The van der Waals surface area contributed by atoms with Crippen LogP contribution in [0.5, 0.6) is 0 Å². The molecule has 0 unspecified atom stereocenters. The van der Waals surface area contributed by atoms with Gasteiger partial charge in [0, 0.05) is 45.5 Å². The molecule has 1 spiro atoms. The van der Waals surface area contributed by atoms with Crippen LogP contribution in [0.3, 0.4) is 0 Å². The zero-order valence-electron chi connectivity index (χ0n) is 16.9. The number of hydrogen-bond acceptors (Lipinski definition) is 5. The number of carbonyl (C=O) groups excluding carboxylic acids is 1. The SMILES string of the molecule is CN(C)C(=O)c1cc2n(n1)CC1(CCN(Cc3cnn4ccccc34)CC1)OC2. The van der Waals surface area contributed by atoms with Gasteiger partial charge in [0.2, 0.25) is 0 Å². The number of rotatable bonds is 3. The van der Waals surface area contributed by atoms with E-state index in [1.54, 1.807) is 19.0 Å². The van der Waals surface area contributed by atoms with Crippen molar-refractivity contribution in [1.29, 1.82) is 0 Å². The topological polar surface area (TPSA) is 67.9 Å². The molecule has 0 N–H and O–H groups in total. The first-order chi connectivity index (χ1) is 14.0. The second-order valence-corrected chi connectivity index (χ2v) is 8.33. The Morgan fingerprint density at radius 2 is 2.10 bits per heavy atom. The Kier molecular flexibility index (Phi) is 4.40. The van der Waals surface area contributed by atoms with Gasteiger partial charge in [-0.1, -0.05) is 6.07 Å². The fraction of sp³-hybridized carbons (Fsp3) is 0.476. The van der Waals surface area contributed by atoms with E-state index >= 15 is 0 Å². The lowest BCUT2D eigenvalue weighted by Crippen LogP contribution is -2.50. The molecule has 1 fully saturated rings. The predicted molar refractivity (Wildman–Crippen MR) is 107 cm³/mol. The number of likely N-dealkylation sites (tertiary alicyclic amines) is 1. The van der Waals surface area contributed by atoms with Crippen LogP contribution < -0.4 is 0 Å². The van der Waals surface area contributed by atoms with Crippen molar-refractivity contribution in [3.05, 3.63) is 53.6 Å². The van der Waals surface area contributed by atoms with Crippen molar-refractivity contribution in [1.82, 2.24) is 29.2 Å². The zero-order valence-corrected chi connectivity index (χ0v) is 16.9. The van der Waals surface area contributed by atoms with Gasteiger partial charge in [-0.15, -0.1) is 0 Å². The lowest BCUT2D eigenvalue weighted by molar-refractivity contribution is -0.124. The van der Waals surface area contributed by atoms with E-state index in [1.807, 2.05) is 33.7 Å². The number of aromatic nitrogens is 4. The molecule has 152 valence electrons. The normalized spacial score (nSPS) is 18.8. The van der Waals surface area contributed by atoms with Crippen LogP contribution in [0.2, 0.25) is 0 Å². The average Bonchev–Trinajstić information content (AvgIpc) is 3.33. The number of amides is 1. The smallest absolute Gasteiger partial charge is 0.273 e. The molecule has 0 saturated carbocycles. The van der Waals surface area contributed by atoms with Crippen LogP contribution in [0, 0.1) is 0 Å². The predicted octanol–water partition coefficient (Wildman–Crippen LogP) is 1.80. The molecule has 1 saturated heterocycles. The van der Waals surface area contributed by atoms with E-state index in [0.29, 0.717) is 18.8 Å². The second-order valence-electron chi connectivity index (χ2n) is 8.33. The molecule has 8 nitrogen and oxygen atoms in total. The highest BCUT2D eigenvalue weighted by Gasteiger charge is 2.40. The molecule has 2 aliphatic rings. The standard InChI is InChI=1S/C21H26N6O2/c1-24(2)20(28)18-11-17-14-29-21(15-27(17)23-18)6-9-25(10-7-21)13-16-12-22-26-8-4-3-5-19(16)26/h3-5,8,11-12H,6-7,9-10,13-15H2,1-2H3. The van der Waals surface area contributed by atoms with Gasteiger partial charge in [-0.25, -0.2) is 4.52 Å². The Balaban J connectivity index is 1.25. The van der Waals surface area contributed by atoms with Gasteiger partial charge in [0.15, 0.2) is 5.69 Å². The summed E-state index contributed by atoms with van der Waals surface area (Å²) in [6, 6.07) is 8.02. The van der Waals surface area contributed by atoms with Crippen LogP contribution in [0.1, 0.15) is 34.6 Å². The molecule has 5 rings (SSSR count). The maximum atomic E-state index is 12.2. The zero-order chi connectivity index (χ0) is 20.0. The van der Waals surface area contributed by atoms with Gasteiger partial charge in [0.25, 0.3) is 5.91 Å². The van der Waals surface area contributed by atoms with Crippen molar-refractivity contribution < 1.29 is 9.53 Å². The van der Waals surface area contributed by atoms with Crippen molar-refractivity contribution in [2.75, 3.05) is 27.2 Å². The molecule has 0 atom stereocenters. The highest BCUT2D eigenvalue weighted by atomic mass is 16.5. The van der Waals surface area contributed by atoms with Gasteiger partial charge in [-0.2, -0.15) is 10.2 Å². The van der Waals surface area contributed by atoms with Gasteiger partial charge in [0.05, 0.1) is 36.2 Å². The van der Waals surface area contributed by atoms with E-state index < -0.39 is 0 Å². The van der Waals surface area contributed by atoms with Crippen molar-refractivity contribution >= 4 is 11.4 Å². The Labute approximate surface area is 169 Å². The van der Waals surface area contributed by atoms with Crippen molar-refractivity contribution in [3.63, 3.8) is 0 Å². The molecule has 2 aliphatic heterocycles. The summed E-state index contributed by atoms with van der Waals surface area (Å²) in [5, 5.41) is 9.00. The molecule has 0 radical (unpaired) electrons. The molecule has 3 aromatic rings. The van der Waals surface area contributed by atoms with Crippen molar-refractivity contribution in [2.45, 2.75) is 38.1 Å². The van der Waals surface area contributed by atoms with Gasteiger partial charge in [0.1, 0.15) is 0 Å².